The number of ether oxygens (including phenoxy) is 1. The Bertz CT molecular complexity index is 1360. The van der Waals surface area contributed by atoms with Crippen molar-refractivity contribution in [3.05, 3.63) is 99.5 Å². The number of hydrogen-bond acceptors (Lipinski definition) is 4. The lowest BCUT2D eigenvalue weighted by atomic mass is 10.2. The Balaban J connectivity index is 2.00. The van der Waals surface area contributed by atoms with E-state index in [1.807, 2.05) is 55.5 Å². The van der Waals surface area contributed by atoms with E-state index < -0.39 is 5.69 Å². The Morgan fingerprint density at radius 3 is 2.67 bits per heavy atom. The normalized spacial score (nSPS) is 11.0. The summed E-state index contributed by atoms with van der Waals surface area (Å²) in [6.45, 7) is 6.15. The smallest absolute Gasteiger partial charge is 0.337 e. The second-order valence-corrected chi connectivity index (χ2v) is 7.01. The highest BCUT2D eigenvalue weighted by Gasteiger charge is 2.19. The predicted octanol–water partition coefficient (Wildman–Crippen LogP) is 2.90. The molecule has 4 rings (SSSR count). The third kappa shape index (κ3) is 3.24. The Kier molecular flexibility index (Phi) is 5.10. The zero-order chi connectivity index (χ0) is 21.3. The van der Waals surface area contributed by atoms with E-state index >= 15 is 0 Å². The number of imidazole rings is 1. The molecule has 2 aromatic carbocycles. The van der Waals surface area contributed by atoms with Crippen LogP contribution in [0.4, 0.5) is 0 Å². The standard InChI is InChI=1S/C23H22N4O3/c1-4-12-26-22(28)20-21(27(23(26)29)19-11-6-5-8-16(19)2)24-15-25(20)14-17-9-7-10-18(13-17)30-3/h4-11,13,15H,1,12,14H2,2-3H3. The summed E-state index contributed by atoms with van der Waals surface area (Å²) in [5, 5.41) is 0. The maximum Gasteiger partial charge on any atom is 0.337 e. The maximum absolute atomic E-state index is 13.2. The van der Waals surface area contributed by atoms with Gasteiger partial charge in [0.2, 0.25) is 0 Å². The van der Waals surface area contributed by atoms with E-state index in [9.17, 15) is 9.59 Å². The molecule has 7 nitrogen and oxygen atoms in total. The molecule has 2 heterocycles. The van der Waals surface area contributed by atoms with Crippen LogP contribution >= 0.6 is 0 Å². The fraction of sp³-hybridized carbons (Fsp3) is 0.174. The van der Waals surface area contributed by atoms with Gasteiger partial charge in [-0.2, -0.15) is 0 Å². The molecule has 0 aliphatic carbocycles. The molecule has 0 atom stereocenters. The highest BCUT2D eigenvalue weighted by Crippen LogP contribution is 2.19. The molecule has 0 unspecified atom stereocenters. The minimum Gasteiger partial charge on any atom is -0.497 e. The van der Waals surface area contributed by atoms with Crippen LogP contribution < -0.4 is 16.0 Å². The van der Waals surface area contributed by atoms with E-state index in [-0.39, 0.29) is 12.1 Å². The van der Waals surface area contributed by atoms with E-state index in [2.05, 4.69) is 11.6 Å². The van der Waals surface area contributed by atoms with Crippen molar-refractivity contribution in [3.8, 4) is 11.4 Å². The van der Waals surface area contributed by atoms with Crippen molar-refractivity contribution in [2.24, 2.45) is 0 Å². The van der Waals surface area contributed by atoms with Gasteiger partial charge in [0.05, 0.1) is 19.1 Å². The van der Waals surface area contributed by atoms with Gasteiger partial charge >= 0.3 is 5.69 Å². The molecule has 0 bridgehead atoms. The number of benzene rings is 2. The van der Waals surface area contributed by atoms with Gasteiger partial charge in [0.25, 0.3) is 5.56 Å². The molecule has 7 heteroatoms. The van der Waals surface area contributed by atoms with Crippen molar-refractivity contribution in [2.75, 3.05) is 7.11 Å². The van der Waals surface area contributed by atoms with Crippen LogP contribution in [0.25, 0.3) is 16.9 Å². The van der Waals surface area contributed by atoms with Crippen LogP contribution in [0.3, 0.4) is 0 Å². The molecule has 0 aliphatic heterocycles. The highest BCUT2D eigenvalue weighted by molar-refractivity contribution is 5.73. The Hall–Kier alpha value is -3.87. The number of nitrogens with zero attached hydrogens (tertiary/aromatic N) is 4. The van der Waals surface area contributed by atoms with Crippen LogP contribution in [0.1, 0.15) is 11.1 Å². The molecular weight excluding hydrogens is 380 g/mol. The number of aromatic nitrogens is 4. The van der Waals surface area contributed by atoms with Crippen LogP contribution in [0.2, 0.25) is 0 Å². The molecule has 0 aliphatic rings. The van der Waals surface area contributed by atoms with Crippen LogP contribution in [0, 0.1) is 6.92 Å². The predicted molar refractivity (Wildman–Crippen MR) is 117 cm³/mol. The zero-order valence-corrected chi connectivity index (χ0v) is 16.9. The van der Waals surface area contributed by atoms with E-state index in [1.165, 1.54) is 9.13 Å². The van der Waals surface area contributed by atoms with Crippen molar-refractivity contribution in [1.29, 1.82) is 0 Å². The molecule has 152 valence electrons. The van der Waals surface area contributed by atoms with Crippen LogP contribution in [-0.4, -0.2) is 25.8 Å². The van der Waals surface area contributed by atoms with Gasteiger partial charge in [0.15, 0.2) is 11.2 Å². The van der Waals surface area contributed by atoms with Crippen molar-refractivity contribution in [1.82, 2.24) is 18.7 Å². The molecule has 0 radical (unpaired) electrons. The van der Waals surface area contributed by atoms with Crippen LogP contribution in [0.15, 0.2) is 77.1 Å². The van der Waals surface area contributed by atoms with E-state index in [1.54, 1.807) is 24.1 Å². The lowest BCUT2D eigenvalue weighted by Gasteiger charge is -2.13. The fourth-order valence-electron chi connectivity index (χ4n) is 3.59. The summed E-state index contributed by atoms with van der Waals surface area (Å²) in [7, 11) is 1.61. The average Bonchev–Trinajstić information content (AvgIpc) is 3.16. The first-order chi connectivity index (χ1) is 14.5. The molecule has 0 N–H and O–H groups in total. The molecule has 0 saturated heterocycles. The first-order valence-electron chi connectivity index (χ1n) is 9.55. The molecule has 2 aromatic heterocycles. The number of para-hydroxylation sites is 1. The monoisotopic (exact) mass is 402 g/mol. The molecule has 0 saturated carbocycles. The van der Waals surface area contributed by atoms with Gasteiger partial charge in [0, 0.05) is 13.1 Å². The molecule has 4 aromatic rings. The van der Waals surface area contributed by atoms with Crippen LogP contribution in [-0.2, 0) is 13.1 Å². The highest BCUT2D eigenvalue weighted by atomic mass is 16.5. The summed E-state index contributed by atoms with van der Waals surface area (Å²) in [6.07, 6.45) is 3.14. The zero-order valence-electron chi connectivity index (χ0n) is 16.9. The molecular formula is C23H22N4O3. The van der Waals surface area contributed by atoms with Gasteiger partial charge in [-0.15, -0.1) is 6.58 Å². The molecule has 30 heavy (non-hydrogen) atoms. The van der Waals surface area contributed by atoms with E-state index in [0.717, 1.165) is 16.9 Å². The average molecular weight is 402 g/mol. The summed E-state index contributed by atoms with van der Waals surface area (Å²) < 4.78 is 9.74. The summed E-state index contributed by atoms with van der Waals surface area (Å²) in [5.74, 6) is 0.734. The second kappa shape index (κ2) is 7.87. The van der Waals surface area contributed by atoms with Gasteiger partial charge in [-0.1, -0.05) is 36.4 Å². The number of aryl methyl sites for hydroxylation is 1. The van der Waals surface area contributed by atoms with Crippen molar-refractivity contribution >= 4 is 11.2 Å². The summed E-state index contributed by atoms with van der Waals surface area (Å²) in [4.78, 5) is 30.9. The minimum absolute atomic E-state index is 0.115. The van der Waals surface area contributed by atoms with Crippen LogP contribution in [0.5, 0.6) is 5.75 Å². The summed E-state index contributed by atoms with van der Waals surface area (Å²) >= 11 is 0. The minimum atomic E-state index is -0.437. The third-order valence-corrected chi connectivity index (χ3v) is 5.06. The summed E-state index contributed by atoms with van der Waals surface area (Å²) in [6, 6.07) is 15.2. The molecule has 0 amide bonds. The molecule has 0 fully saturated rings. The van der Waals surface area contributed by atoms with Gasteiger partial charge < -0.3 is 9.30 Å². The van der Waals surface area contributed by atoms with Gasteiger partial charge in [0.1, 0.15) is 5.75 Å². The number of fused-ring (bicyclic) bond motifs is 1. The molecule has 0 spiro atoms. The summed E-state index contributed by atoms with van der Waals surface area (Å²) in [5.41, 5.74) is 2.43. The first kappa shape index (κ1) is 19.4. The topological polar surface area (TPSA) is 71.0 Å². The van der Waals surface area contributed by atoms with E-state index in [0.29, 0.717) is 23.4 Å². The van der Waals surface area contributed by atoms with Gasteiger partial charge in [-0.3, -0.25) is 9.36 Å². The van der Waals surface area contributed by atoms with Crippen molar-refractivity contribution in [2.45, 2.75) is 20.0 Å². The third-order valence-electron chi connectivity index (χ3n) is 5.06. The largest absolute Gasteiger partial charge is 0.497 e. The van der Waals surface area contributed by atoms with Gasteiger partial charge in [-0.05, 0) is 36.2 Å². The lowest BCUT2D eigenvalue weighted by molar-refractivity contribution is 0.414. The Morgan fingerprint density at radius 2 is 1.93 bits per heavy atom. The van der Waals surface area contributed by atoms with Crippen molar-refractivity contribution in [3.63, 3.8) is 0 Å². The number of hydrogen-bond donors (Lipinski definition) is 0. The number of rotatable bonds is 6. The maximum atomic E-state index is 13.2. The fourth-order valence-corrected chi connectivity index (χ4v) is 3.59. The lowest BCUT2D eigenvalue weighted by Crippen LogP contribution is -2.40. The quantitative estimate of drug-likeness (QED) is 0.465. The Morgan fingerprint density at radius 1 is 1.13 bits per heavy atom. The number of allylic oxidation sites excluding steroid dienone is 1. The van der Waals surface area contributed by atoms with Crippen molar-refractivity contribution < 1.29 is 4.74 Å². The van der Waals surface area contributed by atoms with E-state index in [4.69, 9.17) is 4.74 Å². The number of methoxy groups -OCH3 is 1. The second-order valence-electron chi connectivity index (χ2n) is 7.01. The first-order valence-corrected chi connectivity index (χ1v) is 9.55. The SMILES string of the molecule is C=CCn1c(=O)c2c(ncn2Cc2cccc(OC)c2)n(-c2ccccc2C)c1=O. The van der Waals surface area contributed by atoms with Gasteiger partial charge in [-0.25, -0.2) is 14.3 Å². The Labute approximate surface area is 173 Å².